The van der Waals surface area contributed by atoms with E-state index in [2.05, 4.69) is 5.32 Å². The van der Waals surface area contributed by atoms with Gasteiger partial charge in [-0.05, 0) is 45.0 Å². The van der Waals surface area contributed by atoms with Crippen LogP contribution in [0.3, 0.4) is 0 Å². The monoisotopic (exact) mass is 391 g/mol. The summed E-state index contributed by atoms with van der Waals surface area (Å²) in [6.07, 6.45) is -0.111. The summed E-state index contributed by atoms with van der Waals surface area (Å²) in [6.45, 7) is 5.23. The van der Waals surface area contributed by atoms with Gasteiger partial charge in [0.2, 0.25) is 0 Å². The van der Waals surface area contributed by atoms with Crippen LogP contribution in [0.15, 0.2) is 36.4 Å². The molecule has 0 heterocycles. The first-order valence-electron chi connectivity index (χ1n) is 8.38. The number of aryl methyl sites for hydroxylation is 1. The summed E-state index contributed by atoms with van der Waals surface area (Å²) in [7, 11) is 1.45. The van der Waals surface area contributed by atoms with Gasteiger partial charge in [-0.3, -0.25) is 4.79 Å². The van der Waals surface area contributed by atoms with E-state index in [1.165, 1.54) is 19.2 Å². The second-order valence-electron chi connectivity index (χ2n) is 6.15. The molecule has 2 aromatic rings. The van der Waals surface area contributed by atoms with Crippen molar-refractivity contribution in [1.29, 1.82) is 0 Å². The van der Waals surface area contributed by atoms with Crippen LogP contribution in [0.25, 0.3) is 0 Å². The molecule has 0 radical (unpaired) electrons. The smallest absolute Gasteiger partial charge is 0.338 e. The standard InChI is InChI=1S/C20H22ClNO5/c1-12(2)27-19-16(21)9-14(10-17(19)25-4)20(24)26-11-18(23)22-15-7-5-13(3)6-8-15/h5-10,12H,11H2,1-4H3,(H,22,23). The molecular formula is C20H22ClNO5. The summed E-state index contributed by atoms with van der Waals surface area (Å²) >= 11 is 6.19. The van der Waals surface area contributed by atoms with E-state index in [0.29, 0.717) is 17.2 Å². The summed E-state index contributed by atoms with van der Waals surface area (Å²) in [6, 6.07) is 10.2. The number of halogens is 1. The molecule has 0 unspecified atom stereocenters. The fourth-order valence-electron chi connectivity index (χ4n) is 2.24. The molecular weight excluding hydrogens is 370 g/mol. The van der Waals surface area contributed by atoms with Crippen LogP contribution in [0.4, 0.5) is 5.69 Å². The Morgan fingerprint density at radius 3 is 2.41 bits per heavy atom. The first-order chi connectivity index (χ1) is 12.8. The molecule has 0 saturated carbocycles. The number of esters is 1. The van der Waals surface area contributed by atoms with Crippen LogP contribution in [0.5, 0.6) is 11.5 Å². The van der Waals surface area contributed by atoms with Crippen molar-refractivity contribution in [2.45, 2.75) is 26.9 Å². The van der Waals surface area contributed by atoms with Gasteiger partial charge in [-0.2, -0.15) is 0 Å². The van der Waals surface area contributed by atoms with Crippen molar-refractivity contribution in [2.24, 2.45) is 0 Å². The Hall–Kier alpha value is -2.73. The van der Waals surface area contributed by atoms with Crippen LogP contribution in [-0.2, 0) is 9.53 Å². The average Bonchev–Trinajstić information content (AvgIpc) is 2.62. The largest absolute Gasteiger partial charge is 0.493 e. The van der Waals surface area contributed by atoms with E-state index in [4.69, 9.17) is 25.8 Å². The molecule has 1 N–H and O–H groups in total. The zero-order chi connectivity index (χ0) is 20.0. The molecule has 0 aliphatic heterocycles. The molecule has 2 rings (SSSR count). The maximum absolute atomic E-state index is 12.2. The third-order valence-electron chi connectivity index (χ3n) is 3.49. The Balaban J connectivity index is 2.01. The Kier molecular flexibility index (Phi) is 7.07. The van der Waals surface area contributed by atoms with Crippen LogP contribution >= 0.6 is 11.6 Å². The molecule has 144 valence electrons. The fraction of sp³-hybridized carbons (Fsp3) is 0.300. The molecule has 0 aromatic heterocycles. The van der Waals surface area contributed by atoms with Crippen LogP contribution in [0.1, 0.15) is 29.8 Å². The Bertz CT molecular complexity index is 818. The van der Waals surface area contributed by atoms with Gasteiger partial charge in [-0.25, -0.2) is 4.79 Å². The van der Waals surface area contributed by atoms with Crippen molar-refractivity contribution in [1.82, 2.24) is 0 Å². The predicted octanol–water partition coefficient (Wildman–Crippen LogP) is 4.24. The summed E-state index contributed by atoms with van der Waals surface area (Å²) in [5, 5.41) is 2.88. The lowest BCUT2D eigenvalue weighted by Crippen LogP contribution is -2.21. The molecule has 0 aliphatic rings. The van der Waals surface area contributed by atoms with E-state index in [0.717, 1.165) is 5.56 Å². The van der Waals surface area contributed by atoms with E-state index >= 15 is 0 Å². The lowest BCUT2D eigenvalue weighted by molar-refractivity contribution is -0.119. The number of carbonyl (C=O) groups excluding carboxylic acids is 2. The van der Waals surface area contributed by atoms with Crippen molar-refractivity contribution in [3.05, 3.63) is 52.5 Å². The minimum Gasteiger partial charge on any atom is -0.493 e. The average molecular weight is 392 g/mol. The number of anilines is 1. The van der Waals surface area contributed by atoms with Gasteiger partial charge in [0.25, 0.3) is 5.91 Å². The zero-order valence-electron chi connectivity index (χ0n) is 15.7. The maximum Gasteiger partial charge on any atom is 0.338 e. The molecule has 7 heteroatoms. The van der Waals surface area contributed by atoms with Crippen molar-refractivity contribution in [3.8, 4) is 11.5 Å². The summed E-state index contributed by atoms with van der Waals surface area (Å²) < 4.78 is 15.9. The quantitative estimate of drug-likeness (QED) is 0.714. The van der Waals surface area contributed by atoms with Gasteiger partial charge in [-0.1, -0.05) is 29.3 Å². The predicted molar refractivity (Wildman–Crippen MR) is 104 cm³/mol. The van der Waals surface area contributed by atoms with Crippen LogP contribution in [0, 0.1) is 6.92 Å². The highest BCUT2D eigenvalue weighted by atomic mass is 35.5. The van der Waals surface area contributed by atoms with E-state index in [9.17, 15) is 9.59 Å². The highest BCUT2D eigenvalue weighted by Gasteiger charge is 2.18. The van der Waals surface area contributed by atoms with E-state index in [1.807, 2.05) is 32.9 Å². The number of hydrogen-bond donors (Lipinski definition) is 1. The van der Waals surface area contributed by atoms with Crippen molar-refractivity contribution in [2.75, 3.05) is 19.0 Å². The highest BCUT2D eigenvalue weighted by Crippen LogP contribution is 2.37. The number of hydrogen-bond acceptors (Lipinski definition) is 5. The molecule has 2 aromatic carbocycles. The summed E-state index contributed by atoms with van der Waals surface area (Å²) in [5.41, 5.74) is 1.87. The Morgan fingerprint density at radius 1 is 1.15 bits per heavy atom. The SMILES string of the molecule is COc1cc(C(=O)OCC(=O)Nc2ccc(C)cc2)cc(Cl)c1OC(C)C. The summed E-state index contributed by atoms with van der Waals surface area (Å²) in [5.74, 6) is -0.467. The first kappa shape index (κ1) is 20.6. The van der Waals surface area contributed by atoms with Crippen LogP contribution in [-0.4, -0.2) is 31.7 Å². The van der Waals surface area contributed by atoms with Crippen LogP contribution in [0.2, 0.25) is 5.02 Å². The molecule has 0 atom stereocenters. The van der Waals surface area contributed by atoms with Gasteiger partial charge in [0, 0.05) is 5.69 Å². The molecule has 27 heavy (non-hydrogen) atoms. The van der Waals surface area contributed by atoms with Crippen LogP contribution < -0.4 is 14.8 Å². The number of carbonyl (C=O) groups is 2. The zero-order valence-corrected chi connectivity index (χ0v) is 16.4. The van der Waals surface area contributed by atoms with E-state index in [1.54, 1.807) is 12.1 Å². The van der Waals surface area contributed by atoms with Gasteiger partial charge in [-0.15, -0.1) is 0 Å². The Labute approximate surface area is 163 Å². The summed E-state index contributed by atoms with van der Waals surface area (Å²) in [4.78, 5) is 24.2. The number of benzene rings is 2. The van der Waals surface area contributed by atoms with Gasteiger partial charge in [0.05, 0.1) is 23.8 Å². The molecule has 0 spiro atoms. The number of methoxy groups -OCH3 is 1. The molecule has 6 nitrogen and oxygen atoms in total. The third kappa shape index (κ3) is 5.89. The second kappa shape index (κ2) is 9.28. The third-order valence-corrected chi connectivity index (χ3v) is 3.77. The minimum atomic E-state index is -0.689. The number of rotatable bonds is 7. The number of amides is 1. The number of nitrogens with one attached hydrogen (secondary N) is 1. The molecule has 1 amide bonds. The van der Waals surface area contributed by atoms with Crippen molar-refractivity contribution >= 4 is 29.2 Å². The second-order valence-corrected chi connectivity index (χ2v) is 6.55. The lowest BCUT2D eigenvalue weighted by Gasteiger charge is -2.16. The fourth-order valence-corrected chi connectivity index (χ4v) is 2.49. The van der Waals surface area contributed by atoms with Gasteiger partial charge in [0.15, 0.2) is 18.1 Å². The van der Waals surface area contributed by atoms with Crippen molar-refractivity contribution < 1.29 is 23.8 Å². The Morgan fingerprint density at radius 2 is 1.81 bits per heavy atom. The maximum atomic E-state index is 12.2. The molecule has 0 saturated heterocycles. The van der Waals surface area contributed by atoms with Crippen molar-refractivity contribution in [3.63, 3.8) is 0 Å². The lowest BCUT2D eigenvalue weighted by atomic mass is 10.2. The van der Waals surface area contributed by atoms with E-state index < -0.39 is 18.5 Å². The van der Waals surface area contributed by atoms with Gasteiger partial charge < -0.3 is 19.5 Å². The molecule has 0 bridgehead atoms. The highest BCUT2D eigenvalue weighted by molar-refractivity contribution is 6.32. The van der Waals surface area contributed by atoms with E-state index in [-0.39, 0.29) is 16.7 Å². The van der Waals surface area contributed by atoms with Gasteiger partial charge >= 0.3 is 5.97 Å². The molecule has 0 fully saturated rings. The number of ether oxygens (including phenoxy) is 3. The topological polar surface area (TPSA) is 73.9 Å². The normalized spacial score (nSPS) is 10.4. The molecule has 0 aliphatic carbocycles. The van der Waals surface area contributed by atoms with Gasteiger partial charge in [0.1, 0.15) is 0 Å². The first-order valence-corrected chi connectivity index (χ1v) is 8.75. The minimum absolute atomic E-state index is 0.111.